The molecule has 0 nitrogen and oxygen atoms in total. The molecule has 0 spiro atoms. The summed E-state index contributed by atoms with van der Waals surface area (Å²) in [7, 11) is -6.38. The van der Waals surface area contributed by atoms with Crippen LogP contribution < -0.4 is 0 Å². The first-order chi connectivity index (χ1) is 11.4. The van der Waals surface area contributed by atoms with E-state index >= 15 is 0 Å². The summed E-state index contributed by atoms with van der Waals surface area (Å²) in [5, 5.41) is 0. The first kappa shape index (κ1) is 29.8. The zero-order valence-corrected chi connectivity index (χ0v) is 32.0. The summed E-state index contributed by atoms with van der Waals surface area (Å²) in [6, 6.07) is 0. The second-order valence-corrected chi connectivity index (χ2v) is 99.2. The largest absolute Gasteiger partial charge is 0.139 e. The fraction of sp³-hybridized carbons (Fsp3) is 1.00. The van der Waals surface area contributed by atoms with Crippen molar-refractivity contribution in [1.82, 2.24) is 0 Å². The van der Waals surface area contributed by atoms with Crippen LogP contribution in [-0.4, -0.2) is 55.0 Å². The zero-order chi connectivity index (χ0) is 22.4. The molecule has 0 aliphatic rings. The first-order valence-corrected chi connectivity index (χ1v) is 45.3. The van der Waals surface area contributed by atoms with Crippen LogP contribution in [0.2, 0.25) is 111 Å². The molecule has 0 aromatic rings. The van der Waals surface area contributed by atoms with Crippen molar-refractivity contribution in [1.29, 1.82) is 0 Å². The van der Waals surface area contributed by atoms with Gasteiger partial charge in [-0.2, -0.15) is 0 Å². The molecule has 10 heteroatoms. The first-order valence-electron chi connectivity index (χ1n) is 10.8. The molecule has 0 saturated carbocycles. The molecule has 0 N–H and O–H groups in total. The molecule has 164 valence electrons. The molecule has 0 heterocycles. The van der Waals surface area contributed by atoms with E-state index in [0.717, 1.165) is 0 Å². The summed E-state index contributed by atoms with van der Waals surface area (Å²) < 4.78 is 0. The average Bonchev–Trinajstić information content (AvgIpc) is 2.15. The minimum Gasteiger partial charge on any atom is -0.139 e. The van der Waals surface area contributed by atoms with E-state index < -0.39 is 55.0 Å². The summed E-state index contributed by atoms with van der Waals surface area (Å²) >= 11 is 0. The van der Waals surface area contributed by atoms with Gasteiger partial charge in [-0.15, -0.1) is 19.7 Å². The van der Waals surface area contributed by atoms with Gasteiger partial charge in [0.05, 0.1) is 55.0 Å². The second-order valence-electron chi connectivity index (χ2n) is 13.3. The van der Waals surface area contributed by atoms with Gasteiger partial charge in [-0.3, -0.25) is 0 Å². The van der Waals surface area contributed by atoms with Gasteiger partial charge in [0.15, 0.2) is 0 Å². The molecule has 0 aliphatic heterocycles. The van der Waals surface area contributed by atoms with Crippen molar-refractivity contribution in [2.45, 2.75) is 111 Å². The third-order valence-electron chi connectivity index (χ3n) is 5.22. The van der Waals surface area contributed by atoms with Crippen LogP contribution >= 0.6 is 19.7 Å². The SMILES string of the molecule is C[SiH](P([SiH](C)P([Si](C)(C)C)[Si](C)(C)C)[Si](C)(C)C)P([Si](C)(C)C)[Si](C)(C)C. The predicted octanol–water partition coefficient (Wildman–Crippen LogP) is 9.31. The van der Waals surface area contributed by atoms with Crippen molar-refractivity contribution >= 4 is 74.7 Å². The van der Waals surface area contributed by atoms with Gasteiger partial charge in [0, 0.05) is 0 Å². The third kappa shape index (κ3) is 8.69. The fourth-order valence-corrected chi connectivity index (χ4v) is 284. The Morgan fingerprint density at radius 1 is 0.370 bits per heavy atom. The Balaban J connectivity index is 6.44. The smallest absolute Gasteiger partial charge is 0.0733 e. The summed E-state index contributed by atoms with van der Waals surface area (Å²) in [4.78, 5) is 0. The quantitative estimate of drug-likeness (QED) is 0.200. The zero-order valence-electron chi connectivity index (χ0n) is 22.0. The highest BCUT2D eigenvalue weighted by Crippen LogP contribution is 2.74. The molecule has 0 aromatic heterocycles. The van der Waals surface area contributed by atoms with Crippen molar-refractivity contribution in [3.63, 3.8) is 0 Å². The molecular formula is C17H53P3Si7. The van der Waals surface area contributed by atoms with E-state index in [9.17, 15) is 0 Å². The summed E-state index contributed by atoms with van der Waals surface area (Å²) in [6.07, 6.45) is 0. The highest BCUT2D eigenvalue weighted by Gasteiger charge is 2.51. The molecule has 0 amide bonds. The van der Waals surface area contributed by atoms with Gasteiger partial charge in [0.25, 0.3) is 0 Å². The van der Waals surface area contributed by atoms with E-state index in [4.69, 9.17) is 0 Å². The van der Waals surface area contributed by atoms with Crippen molar-refractivity contribution in [2.75, 3.05) is 0 Å². The Bertz CT molecular complexity index is 415. The molecule has 0 bridgehead atoms. The number of hydrogen-bond donors (Lipinski definition) is 0. The lowest BCUT2D eigenvalue weighted by Gasteiger charge is -2.54. The van der Waals surface area contributed by atoms with Crippen molar-refractivity contribution in [3.8, 4) is 0 Å². The second kappa shape index (κ2) is 9.75. The third-order valence-corrected chi connectivity index (χ3v) is 167. The van der Waals surface area contributed by atoms with Gasteiger partial charge < -0.3 is 0 Å². The van der Waals surface area contributed by atoms with Crippen molar-refractivity contribution < 1.29 is 0 Å². The Morgan fingerprint density at radius 3 is 0.667 bits per heavy atom. The van der Waals surface area contributed by atoms with E-state index in [0.29, 0.717) is 19.7 Å². The monoisotopic (exact) mass is 546 g/mol. The van der Waals surface area contributed by atoms with Gasteiger partial charge in [0.2, 0.25) is 0 Å². The van der Waals surface area contributed by atoms with E-state index in [1.807, 2.05) is 0 Å². The minimum atomic E-state index is -1.04. The van der Waals surface area contributed by atoms with Gasteiger partial charge in [0.1, 0.15) is 0 Å². The molecular weight excluding hydrogens is 494 g/mol. The Labute approximate surface area is 185 Å². The lowest BCUT2D eigenvalue weighted by atomic mass is 11.8. The van der Waals surface area contributed by atoms with E-state index in [1.165, 1.54) is 0 Å². The van der Waals surface area contributed by atoms with E-state index in [2.05, 4.69) is 111 Å². The van der Waals surface area contributed by atoms with Crippen molar-refractivity contribution in [3.05, 3.63) is 0 Å². The molecule has 27 heavy (non-hydrogen) atoms. The maximum absolute atomic E-state index is 2.94. The van der Waals surface area contributed by atoms with E-state index in [1.54, 1.807) is 0 Å². The summed E-state index contributed by atoms with van der Waals surface area (Å²) in [5.74, 6) is 0. The predicted molar refractivity (Wildman–Crippen MR) is 164 cm³/mol. The molecule has 0 aliphatic carbocycles. The highest BCUT2D eigenvalue weighted by molar-refractivity contribution is 8.64. The molecule has 0 rings (SSSR count). The highest BCUT2D eigenvalue weighted by atomic mass is 32.1. The molecule has 0 aromatic carbocycles. The maximum atomic E-state index is 2.94. The van der Waals surface area contributed by atoms with Gasteiger partial charge in [-0.05, 0) is 0 Å². The Hall–Kier alpha value is 2.81. The summed E-state index contributed by atoms with van der Waals surface area (Å²) in [5.41, 5.74) is 0. The van der Waals surface area contributed by atoms with Crippen LogP contribution in [0.1, 0.15) is 0 Å². The van der Waals surface area contributed by atoms with Crippen LogP contribution in [0.4, 0.5) is 0 Å². The number of hydrogen-bond acceptors (Lipinski definition) is 0. The maximum Gasteiger partial charge on any atom is 0.0733 e. The Morgan fingerprint density at radius 2 is 0.556 bits per heavy atom. The topological polar surface area (TPSA) is 0 Å². The number of rotatable bonds is 9. The average molecular weight is 547 g/mol. The Kier molecular flexibility index (Phi) is 10.8. The molecule has 0 radical (unpaired) electrons. The van der Waals surface area contributed by atoms with Crippen LogP contribution in [-0.2, 0) is 0 Å². The van der Waals surface area contributed by atoms with Gasteiger partial charge >= 0.3 is 0 Å². The van der Waals surface area contributed by atoms with Crippen LogP contribution in [0.3, 0.4) is 0 Å². The molecule has 0 fully saturated rings. The van der Waals surface area contributed by atoms with Gasteiger partial charge in [-0.1, -0.05) is 111 Å². The lowest BCUT2D eigenvalue weighted by molar-refractivity contribution is 1.84. The van der Waals surface area contributed by atoms with Gasteiger partial charge in [-0.25, -0.2) is 0 Å². The lowest BCUT2D eigenvalue weighted by Crippen LogP contribution is -2.45. The van der Waals surface area contributed by atoms with E-state index in [-0.39, 0.29) is 0 Å². The van der Waals surface area contributed by atoms with Crippen molar-refractivity contribution in [2.24, 2.45) is 0 Å². The normalized spacial score (nSPS) is 18.8. The standard InChI is InChI=1S/C17H53P3Si7/c1-21(19(24(6,7)8)25(9,10)11)18(23(3,4)5)22(2)20(26(12,13)14)27(15,16)17/h21-22H,1-17H3. The van der Waals surface area contributed by atoms with Crippen LogP contribution in [0.15, 0.2) is 0 Å². The molecule has 0 saturated heterocycles. The molecule has 2 atom stereocenters. The summed E-state index contributed by atoms with van der Waals surface area (Å²) in [6.45, 7) is 48.6. The fourth-order valence-electron chi connectivity index (χ4n) is 5.94. The molecule has 2 unspecified atom stereocenters. The minimum absolute atomic E-state index is 0.420. The van der Waals surface area contributed by atoms with Crippen LogP contribution in [0.5, 0.6) is 0 Å². The van der Waals surface area contributed by atoms with Crippen LogP contribution in [0, 0.1) is 0 Å². The van der Waals surface area contributed by atoms with Crippen LogP contribution in [0.25, 0.3) is 0 Å².